The molecule has 0 aliphatic carbocycles. The van der Waals surface area contributed by atoms with Crippen LogP contribution in [-0.4, -0.2) is 25.7 Å². The third-order valence-corrected chi connectivity index (χ3v) is 3.92. The van der Waals surface area contributed by atoms with E-state index in [-0.39, 0.29) is 5.13 Å². The average molecular weight is 332 g/mol. The highest BCUT2D eigenvalue weighted by Gasteiger charge is 2.33. The Morgan fingerprint density at radius 2 is 1.91 bits per heavy atom. The molecule has 0 atom stereocenters. The summed E-state index contributed by atoms with van der Waals surface area (Å²) >= 11 is 0.597. The van der Waals surface area contributed by atoms with Gasteiger partial charge in [-0.15, -0.1) is 0 Å². The highest BCUT2D eigenvalue weighted by atomic mass is 32.1. The Labute approximate surface area is 129 Å². The van der Waals surface area contributed by atoms with Gasteiger partial charge in [-0.05, 0) is 24.1 Å². The maximum Gasteiger partial charge on any atom is 0.427 e. The molecule has 0 spiro atoms. The highest BCUT2D eigenvalue weighted by molar-refractivity contribution is 7.15. The largest absolute Gasteiger partial charge is 0.493 e. The van der Waals surface area contributed by atoms with Crippen LogP contribution in [0.5, 0.6) is 11.5 Å². The standard InChI is InChI=1S/C14H15F3N2O2S/c1-20-10-4-3-9(7-11(10)21-2)5-6-18-13-19-8-12(22-13)14(15,16)17/h3-4,7-8H,5-6H2,1-2H3,(H,18,19). The molecule has 0 radical (unpaired) electrons. The zero-order valence-corrected chi connectivity index (χ0v) is 12.8. The predicted molar refractivity (Wildman–Crippen MR) is 78.9 cm³/mol. The highest BCUT2D eigenvalue weighted by Crippen LogP contribution is 2.35. The minimum absolute atomic E-state index is 0.257. The van der Waals surface area contributed by atoms with Crippen molar-refractivity contribution in [1.82, 2.24) is 4.98 Å². The summed E-state index contributed by atoms with van der Waals surface area (Å²) in [5.74, 6) is 1.25. The zero-order valence-electron chi connectivity index (χ0n) is 12.0. The Hall–Kier alpha value is -1.96. The lowest BCUT2D eigenvalue weighted by molar-refractivity contribution is -0.134. The van der Waals surface area contributed by atoms with Crippen LogP contribution in [0.1, 0.15) is 10.4 Å². The van der Waals surface area contributed by atoms with Crippen molar-refractivity contribution >= 4 is 16.5 Å². The molecule has 2 rings (SSSR count). The lowest BCUT2D eigenvalue weighted by atomic mass is 10.1. The Morgan fingerprint density at radius 3 is 2.50 bits per heavy atom. The van der Waals surface area contributed by atoms with Gasteiger partial charge in [0.1, 0.15) is 4.88 Å². The fourth-order valence-corrected chi connectivity index (χ4v) is 2.55. The number of methoxy groups -OCH3 is 2. The molecule has 1 aromatic heterocycles. The van der Waals surface area contributed by atoms with Crippen LogP contribution in [0.15, 0.2) is 24.4 Å². The topological polar surface area (TPSA) is 43.4 Å². The molecule has 22 heavy (non-hydrogen) atoms. The average Bonchev–Trinajstić information content (AvgIpc) is 2.96. The number of ether oxygens (including phenoxy) is 2. The monoisotopic (exact) mass is 332 g/mol. The number of aromatic nitrogens is 1. The van der Waals surface area contributed by atoms with Crippen LogP contribution in [-0.2, 0) is 12.6 Å². The summed E-state index contributed by atoms with van der Waals surface area (Å²) in [5, 5.41) is 3.14. The predicted octanol–water partition coefficient (Wildman–Crippen LogP) is 3.83. The van der Waals surface area contributed by atoms with E-state index in [9.17, 15) is 13.2 Å². The first kappa shape index (κ1) is 16.4. The van der Waals surface area contributed by atoms with Gasteiger partial charge in [0, 0.05) is 6.54 Å². The molecule has 2 aromatic rings. The molecule has 0 aliphatic rings. The first-order chi connectivity index (χ1) is 10.4. The summed E-state index contributed by atoms with van der Waals surface area (Å²) in [6.07, 6.45) is -2.88. The first-order valence-corrected chi connectivity index (χ1v) is 7.23. The van der Waals surface area contributed by atoms with Gasteiger partial charge in [0.2, 0.25) is 0 Å². The van der Waals surface area contributed by atoms with Crippen molar-refractivity contribution in [3.63, 3.8) is 0 Å². The molecule has 0 bridgehead atoms. The number of alkyl halides is 3. The molecule has 1 heterocycles. The van der Waals surface area contributed by atoms with E-state index in [0.717, 1.165) is 11.8 Å². The fourth-order valence-electron chi connectivity index (χ4n) is 1.84. The second-order valence-electron chi connectivity index (χ2n) is 4.39. The van der Waals surface area contributed by atoms with Gasteiger partial charge in [-0.3, -0.25) is 0 Å². The molecule has 8 heteroatoms. The lowest BCUT2D eigenvalue weighted by Crippen LogP contribution is -2.04. The van der Waals surface area contributed by atoms with Crippen molar-refractivity contribution in [2.24, 2.45) is 0 Å². The van der Waals surface area contributed by atoms with Gasteiger partial charge in [0.25, 0.3) is 0 Å². The van der Waals surface area contributed by atoms with E-state index in [1.165, 1.54) is 0 Å². The molecular formula is C14H15F3N2O2S. The van der Waals surface area contributed by atoms with Crippen molar-refractivity contribution < 1.29 is 22.6 Å². The van der Waals surface area contributed by atoms with E-state index in [1.807, 2.05) is 12.1 Å². The van der Waals surface area contributed by atoms with Crippen molar-refractivity contribution in [3.8, 4) is 11.5 Å². The Kier molecular flexibility index (Phi) is 5.12. The van der Waals surface area contributed by atoms with E-state index in [1.54, 1.807) is 20.3 Å². The SMILES string of the molecule is COc1ccc(CCNc2ncc(C(F)(F)F)s2)cc1OC. The van der Waals surface area contributed by atoms with E-state index in [0.29, 0.717) is 35.8 Å². The molecule has 0 saturated carbocycles. The number of nitrogens with one attached hydrogen (secondary N) is 1. The number of rotatable bonds is 6. The molecule has 0 fully saturated rings. The zero-order chi connectivity index (χ0) is 16.2. The van der Waals surface area contributed by atoms with E-state index in [2.05, 4.69) is 10.3 Å². The number of nitrogens with zero attached hydrogens (tertiary/aromatic N) is 1. The normalized spacial score (nSPS) is 11.3. The quantitative estimate of drug-likeness (QED) is 0.873. The van der Waals surface area contributed by atoms with Gasteiger partial charge in [0.15, 0.2) is 16.6 Å². The molecule has 4 nitrogen and oxygen atoms in total. The van der Waals surface area contributed by atoms with E-state index in [4.69, 9.17) is 9.47 Å². The summed E-state index contributed by atoms with van der Waals surface area (Å²) < 4.78 is 47.7. The van der Waals surface area contributed by atoms with Gasteiger partial charge in [-0.1, -0.05) is 17.4 Å². The maximum absolute atomic E-state index is 12.5. The van der Waals surface area contributed by atoms with Crippen molar-refractivity contribution in [2.75, 3.05) is 26.1 Å². The Bertz CT molecular complexity index is 629. The molecule has 120 valence electrons. The molecule has 0 amide bonds. The minimum atomic E-state index is -4.35. The number of anilines is 1. The fraction of sp³-hybridized carbons (Fsp3) is 0.357. The number of halogens is 3. The van der Waals surface area contributed by atoms with Crippen LogP contribution in [0.2, 0.25) is 0 Å². The second-order valence-corrected chi connectivity index (χ2v) is 5.42. The maximum atomic E-state index is 12.5. The molecule has 1 N–H and O–H groups in total. The van der Waals surface area contributed by atoms with Crippen LogP contribution < -0.4 is 14.8 Å². The summed E-state index contributed by atoms with van der Waals surface area (Å²) in [6, 6.07) is 5.51. The molecule has 0 aliphatic heterocycles. The third kappa shape index (κ3) is 4.03. The summed E-state index contributed by atoms with van der Waals surface area (Å²) in [7, 11) is 3.11. The first-order valence-electron chi connectivity index (χ1n) is 6.42. The number of benzene rings is 1. The molecule has 0 saturated heterocycles. The smallest absolute Gasteiger partial charge is 0.427 e. The van der Waals surface area contributed by atoms with Crippen LogP contribution in [0, 0.1) is 0 Å². The number of hydrogen-bond acceptors (Lipinski definition) is 5. The van der Waals surface area contributed by atoms with Crippen molar-refractivity contribution in [2.45, 2.75) is 12.6 Å². The van der Waals surface area contributed by atoms with Gasteiger partial charge >= 0.3 is 6.18 Å². The van der Waals surface area contributed by atoms with Crippen molar-refractivity contribution in [1.29, 1.82) is 0 Å². The van der Waals surface area contributed by atoms with Gasteiger partial charge in [-0.25, -0.2) is 4.98 Å². The summed E-state index contributed by atoms with van der Waals surface area (Å²) in [6.45, 7) is 0.473. The van der Waals surface area contributed by atoms with E-state index >= 15 is 0 Å². The summed E-state index contributed by atoms with van der Waals surface area (Å²) in [5.41, 5.74) is 0.984. The Balaban J connectivity index is 1.92. The van der Waals surface area contributed by atoms with Crippen LogP contribution >= 0.6 is 11.3 Å². The minimum Gasteiger partial charge on any atom is -0.493 e. The Morgan fingerprint density at radius 1 is 1.18 bits per heavy atom. The molecule has 1 aromatic carbocycles. The van der Waals surface area contributed by atoms with E-state index < -0.39 is 11.1 Å². The van der Waals surface area contributed by atoms with Gasteiger partial charge in [0.05, 0.1) is 20.4 Å². The second kappa shape index (κ2) is 6.87. The number of hydrogen-bond donors (Lipinski definition) is 1. The molecule has 0 unspecified atom stereocenters. The van der Waals surface area contributed by atoms with Crippen LogP contribution in [0.3, 0.4) is 0 Å². The third-order valence-electron chi connectivity index (χ3n) is 2.92. The summed E-state index contributed by atoms with van der Waals surface area (Å²) in [4.78, 5) is 3.01. The van der Waals surface area contributed by atoms with Gasteiger partial charge in [-0.2, -0.15) is 13.2 Å². The van der Waals surface area contributed by atoms with Crippen LogP contribution in [0.25, 0.3) is 0 Å². The lowest BCUT2D eigenvalue weighted by Gasteiger charge is -2.09. The van der Waals surface area contributed by atoms with Crippen molar-refractivity contribution in [3.05, 3.63) is 34.8 Å². The number of thiazole rings is 1. The molecular weight excluding hydrogens is 317 g/mol. The van der Waals surface area contributed by atoms with Crippen LogP contribution in [0.4, 0.5) is 18.3 Å². The van der Waals surface area contributed by atoms with Gasteiger partial charge < -0.3 is 14.8 Å².